The standard InChI is InChI=1S/C22H16BrN3O4/c1-2-30-18-6-4-3-5-17(18)26-21(28)15-9-7-13(11-16(15)22(26)29)20(27)25-19-10-8-14(23)12-24-19/h3-12H,2H2,1H3,(H,24,25,27). The number of imide groups is 1. The molecule has 0 bridgehead atoms. The minimum atomic E-state index is -0.501. The Morgan fingerprint density at radius 3 is 2.57 bits per heavy atom. The van der Waals surface area contributed by atoms with Crippen LogP contribution in [0.3, 0.4) is 0 Å². The third-order valence-electron chi connectivity index (χ3n) is 4.52. The third kappa shape index (κ3) is 3.57. The number of benzene rings is 2. The predicted molar refractivity (Wildman–Crippen MR) is 115 cm³/mol. The van der Waals surface area contributed by atoms with E-state index in [1.54, 1.807) is 42.6 Å². The number of anilines is 2. The fourth-order valence-electron chi connectivity index (χ4n) is 3.16. The monoisotopic (exact) mass is 465 g/mol. The van der Waals surface area contributed by atoms with Crippen molar-refractivity contribution in [2.75, 3.05) is 16.8 Å². The van der Waals surface area contributed by atoms with Crippen LogP contribution in [-0.4, -0.2) is 29.3 Å². The van der Waals surface area contributed by atoms with Gasteiger partial charge in [-0.1, -0.05) is 12.1 Å². The highest BCUT2D eigenvalue weighted by Gasteiger charge is 2.38. The Morgan fingerprint density at radius 2 is 1.83 bits per heavy atom. The Bertz CT molecular complexity index is 1160. The zero-order chi connectivity index (χ0) is 21.3. The summed E-state index contributed by atoms with van der Waals surface area (Å²) < 4.78 is 6.35. The van der Waals surface area contributed by atoms with Gasteiger partial charge in [0, 0.05) is 16.2 Å². The average Bonchev–Trinajstić information content (AvgIpc) is 3.00. The topological polar surface area (TPSA) is 88.6 Å². The molecule has 2 heterocycles. The molecule has 30 heavy (non-hydrogen) atoms. The van der Waals surface area contributed by atoms with Crippen molar-refractivity contribution < 1.29 is 19.1 Å². The first kappa shape index (κ1) is 19.8. The number of hydrogen-bond acceptors (Lipinski definition) is 5. The minimum Gasteiger partial charge on any atom is -0.492 e. The van der Waals surface area contributed by atoms with E-state index >= 15 is 0 Å². The molecule has 0 aliphatic carbocycles. The molecular weight excluding hydrogens is 450 g/mol. The van der Waals surface area contributed by atoms with Crippen molar-refractivity contribution in [3.63, 3.8) is 0 Å². The molecule has 0 saturated carbocycles. The first-order valence-corrected chi connectivity index (χ1v) is 9.96. The highest BCUT2D eigenvalue weighted by atomic mass is 79.9. The van der Waals surface area contributed by atoms with Gasteiger partial charge in [0.05, 0.1) is 23.4 Å². The normalized spacial score (nSPS) is 12.7. The van der Waals surface area contributed by atoms with E-state index in [-0.39, 0.29) is 16.7 Å². The lowest BCUT2D eigenvalue weighted by Crippen LogP contribution is -2.29. The van der Waals surface area contributed by atoms with Crippen molar-refractivity contribution in [2.45, 2.75) is 6.92 Å². The van der Waals surface area contributed by atoms with Crippen LogP contribution >= 0.6 is 15.9 Å². The highest BCUT2D eigenvalue weighted by molar-refractivity contribution is 9.10. The SMILES string of the molecule is CCOc1ccccc1N1C(=O)c2ccc(C(=O)Nc3ccc(Br)cn3)cc2C1=O. The molecule has 3 aromatic rings. The number of aromatic nitrogens is 1. The number of nitrogens with zero attached hydrogens (tertiary/aromatic N) is 2. The van der Waals surface area contributed by atoms with Gasteiger partial charge in [0.1, 0.15) is 11.6 Å². The number of fused-ring (bicyclic) bond motifs is 1. The van der Waals surface area contributed by atoms with E-state index in [0.29, 0.717) is 23.9 Å². The lowest BCUT2D eigenvalue weighted by atomic mass is 10.1. The fraction of sp³-hybridized carbons (Fsp3) is 0.0909. The molecule has 0 atom stereocenters. The average molecular weight is 466 g/mol. The van der Waals surface area contributed by atoms with Crippen LogP contribution < -0.4 is 15.0 Å². The largest absolute Gasteiger partial charge is 0.492 e. The van der Waals surface area contributed by atoms with Crippen molar-refractivity contribution in [1.29, 1.82) is 0 Å². The molecule has 0 radical (unpaired) electrons. The second kappa shape index (κ2) is 8.08. The molecule has 0 spiro atoms. The van der Waals surface area contributed by atoms with Gasteiger partial charge in [0.15, 0.2) is 0 Å². The number of rotatable bonds is 5. The molecule has 2 aromatic carbocycles. The van der Waals surface area contributed by atoms with Gasteiger partial charge in [-0.05, 0) is 65.3 Å². The molecule has 0 saturated heterocycles. The van der Waals surface area contributed by atoms with Crippen LogP contribution in [0.15, 0.2) is 65.3 Å². The van der Waals surface area contributed by atoms with Gasteiger partial charge >= 0.3 is 0 Å². The first-order valence-electron chi connectivity index (χ1n) is 9.17. The van der Waals surface area contributed by atoms with E-state index in [9.17, 15) is 14.4 Å². The molecule has 4 rings (SSSR count). The Balaban J connectivity index is 1.64. The lowest BCUT2D eigenvalue weighted by Gasteiger charge is -2.17. The van der Waals surface area contributed by atoms with Gasteiger partial charge in [-0.2, -0.15) is 0 Å². The molecule has 150 valence electrons. The number of nitrogens with one attached hydrogen (secondary N) is 1. The maximum atomic E-state index is 13.0. The number of hydrogen-bond donors (Lipinski definition) is 1. The molecule has 1 aliphatic rings. The number of amides is 3. The Hall–Kier alpha value is -3.52. The van der Waals surface area contributed by atoms with Gasteiger partial charge in [0.25, 0.3) is 17.7 Å². The highest BCUT2D eigenvalue weighted by Crippen LogP contribution is 2.35. The van der Waals surface area contributed by atoms with E-state index in [0.717, 1.165) is 9.37 Å². The van der Waals surface area contributed by atoms with E-state index in [1.807, 2.05) is 6.92 Å². The molecular formula is C22H16BrN3O4. The van der Waals surface area contributed by atoms with Crippen LogP contribution in [0.1, 0.15) is 38.0 Å². The smallest absolute Gasteiger partial charge is 0.266 e. The number of ether oxygens (including phenoxy) is 1. The van der Waals surface area contributed by atoms with E-state index in [1.165, 1.54) is 18.2 Å². The van der Waals surface area contributed by atoms with Crippen LogP contribution in [0.5, 0.6) is 5.75 Å². The second-order valence-electron chi connectivity index (χ2n) is 6.42. The van der Waals surface area contributed by atoms with Crippen LogP contribution in [0.25, 0.3) is 0 Å². The first-order chi connectivity index (χ1) is 14.5. The molecule has 0 unspecified atom stereocenters. The van der Waals surface area contributed by atoms with E-state index in [2.05, 4.69) is 26.2 Å². The number of pyridine rings is 1. The summed E-state index contributed by atoms with van der Waals surface area (Å²) in [5, 5.41) is 2.67. The van der Waals surface area contributed by atoms with Crippen molar-refractivity contribution in [1.82, 2.24) is 4.98 Å². The summed E-state index contributed by atoms with van der Waals surface area (Å²) in [7, 11) is 0. The summed E-state index contributed by atoms with van der Waals surface area (Å²) in [6, 6.07) is 14.7. The maximum Gasteiger partial charge on any atom is 0.266 e. The van der Waals surface area contributed by atoms with Crippen LogP contribution in [0, 0.1) is 0 Å². The van der Waals surface area contributed by atoms with Gasteiger partial charge in [-0.15, -0.1) is 0 Å². The van der Waals surface area contributed by atoms with Crippen molar-refractivity contribution in [3.05, 3.63) is 82.0 Å². The van der Waals surface area contributed by atoms with Gasteiger partial charge in [-0.25, -0.2) is 9.88 Å². The number of para-hydroxylation sites is 2. The minimum absolute atomic E-state index is 0.169. The van der Waals surface area contributed by atoms with Crippen LogP contribution in [0.2, 0.25) is 0 Å². The Labute approximate surface area is 180 Å². The summed E-state index contributed by atoms with van der Waals surface area (Å²) in [5.41, 5.74) is 1.03. The molecule has 8 heteroatoms. The maximum absolute atomic E-state index is 13.0. The number of carbonyl (C=O) groups is 3. The second-order valence-corrected chi connectivity index (χ2v) is 7.34. The third-order valence-corrected chi connectivity index (χ3v) is 4.99. The van der Waals surface area contributed by atoms with Crippen LogP contribution in [0.4, 0.5) is 11.5 Å². The molecule has 1 aliphatic heterocycles. The number of carbonyl (C=O) groups excluding carboxylic acids is 3. The summed E-state index contributed by atoms with van der Waals surface area (Å²) in [5.74, 6) is -0.574. The van der Waals surface area contributed by atoms with Crippen LogP contribution in [-0.2, 0) is 0 Å². The fourth-order valence-corrected chi connectivity index (χ4v) is 3.39. The lowest BCUT2D eigenvalue weighted by molar-refractivity contribution is 0.0924. The summed E-state index contributed by atoms with van der Waals surface area (Å²) >= 11 is 3.28. The summed E-state index contributed by atoms with van der Waals surface area (Å²) in [6.07, 6.45) is 1.56. The molecule has 0 fully saturated rings. The summed E-state index contributed by atoms with van der Waals surface area (Å²) in [6.45, 7) is 2.22. The molecule has 7 nitrogen and oxygen atoms in total. The molecule has 3 amide bonds. The molecule has 1 N–H and O–H groups in total. The van der Waals surface area contributed by atoms with Crippen molar-refractivity contribution in [2.24, 2.45) is 0 Å². The van der Waals surface area contributed by atoms with Gasteiger partial charge in [-0.3, -0.25) is 14.4 Å². The Morgan fingerprint density at radius 1 is 1.07 bits per heavy atom. The Kier molecular flexibility index (Phi) is 5.33. The zero-order valence-electron chi connectivity index (χ0n) is 15.9. The predicted octanol–water partition coefficient (Wildman–Crippen LogP) is 4.30. The van der Waals surface area contributed by atoms with Crippen molar-refractivity contribution in [3.8, 4) is 5.75 Å². The van der Waals surface area contributed by atoms with E-state index < -0.39 is 17.7 Å². The van der Waals surface area contributed by atoms with Gasteiger partial charge < -0.3 is 10.1 Å². The van der Waals surface area contributed by atoms with Gasteiger partial charge in [0.2, 0.25) is 0 Å². The summed E-state index contributed by atoms with van der Waals surface area (Å²) in [4.78, 5) is 43.7. The van der Waals surface area contributed by atoms with Crippen molar-refractivity contribution >= 4 is 45.2 Å². The zero-order valence-corrected chi connectivity index (χ0v) is 17.5. The quantitative estimate of drug-likeness (QED) is 0.567. The molecule has 1 aromatic heterocycles. The van der Waals surface area contributed by atoms with E-state index in [4.69, 9.17) is 4.74 Å². The number of halogens is 1.